The fourth-order valence-corrected chi connectivity index (χ4v) is 5.39. The van der Waals surface area contributed by atoms with Crippen LogP contribution in [0.25, 0.3) is 0 Å². The number of benzene rings is 1. The van der Waals surface area contributed by atoms with Crippen LogP contribution in [-0.2, 0) is 21.6 Å². The summed E-state index contributed by atoms with van der Waals surface area (Å²) >= 11 is 0. The molecule has 0 spiro atoms. The lowest BCUT2D eigenvalue weighted by atomic mass is 9.75. The molecular weight excluding hydrogens is 400 g/mol. The number of likely N-dealkylation sites (N-methyl/N-ethyl adjacent to an activating group) is 1. The number of piperazine rings is 1. The summed E-state index contributed by atoms with van der Waals surface area (Å²) in [6, 6.07) is 12.6. The lowest BCUT2D eigenvalue weighted by molar-refractivity contribution is -0.120. The van der Waals surface area contributed by atoms with E-state index in [0.717, 1.165) is 63.4 Å². The highest BCUT2D eigenvalue weighted by Gasteiger charge is 2.39. The van der Waals surface area contributed by atoms with E-state index < -0.39 is 0 Å². The van der Waals surface area contributed by atoms with Gasteiger partial charge in [0.1, 0.15) is 0 Å². The number of methoxy groups -OCH3 is 1. The zero-order valence-electron chi connectivity index (χ0n) is 19.3. The third kappa shape index (κ3) is 3.90. The Morgan fingerprint density at radius 1 is 1.06 bits per heavy atom. The molecule has 0 radical (unpaired) electrons. The van der Waals surface area contributed by atoms with Gasteiger partial charge in [0.05, 0.1) is 17.0 Å². The molecule has 1 atom stereocenters. The van der Waals surface area contributed by atoms with Gasteiger partial charge in [-0.1, -0.05) is 12.1 Å². The van der Waals surface area contributed by atoms with Gasteiger partial charge < -0.3 is 19.4 Å². The molecule has 3 heterocycles. The van der Waals surface area contributed by atoms with Crippen molar-refractivity contribution in [2.45, 2.75) is 37.7 Å². The summed E-state index contributed by atoms with van der Waals surface area (Å²) in [5, 5.41) is 0. The first-order valence-electron chi connectivity index (χ1n) is 11.9. The number of carbonyl (C=O) groups is 1. The van der Waals surface area contributed by atoms with E-state index in [1.807, 2.05) is 17.2 Å². The Labute approximate surface area is 191 Å². The summed E-state index contributed by atoms with van der Waals surface area (Å²) in [6.45, 7) is 4.91. The number of hydrogen-bond donors (Lipinski definition) is 0. The van der Waals surface area contributed by atoms with Crippen LogP contribution in [0.5, 0.6) is 0 Å². The number of ether oxygens (including phenoxy) is 1. The van der Waals surface area contributed by atoms with E-state index >= 15 is 0 Å². The average molecular weight is 435 g/mol. The normalized spacial score (nSPS) is 23.4. The third-order valence-electron chi connectivity index (χ3n) is 7.72. The number of carbonyl (C=O) groups excluding carboxylic acids is 1. The molecule has 1 amide bonds. The fourth-order valence-electron chi connectivity index (χ4n) is 5.39. The van der Waals surface area contributed by atoms with Crippen LogP contribution >= 0.6 is 0 Å². The smallest absolute Gasteiger partial charge is 0.230 e. The van der Waals surface area contributed by atoms with Crippen molar-refractivity contribution < 1.29 is 9.53 Å². The molecule has 2 saturated heterocycles. The van der Waals surface area contributed by atoms with E-state index in [-0.39, 0.29) is 17.4 Å². The maximum atomic E-state index is 13.3. The summed E-state index contributed by atoms with van der Waals surface area (Å²) in [6.07, 6.45) is 6.81. The van der Waals surface area contributed by atoms with Gasteiger partial charge in [0, 0.05) is 64.1 Å². The molecule has 6 nitrogen and oxygen atoms in total. The van der Waals surface area contributed by atoms with Crippen molar-refractivity contribution in [2.75, 3.05) is 56.7 Å². The van der Waals surface area contributed by atoms with E-state index in [0.29, 0.717) is 6.42 Å². The predicted molar refractivity (Wildman–Crippen MR) is 127 cm³/mol. The molecule has 3 aliphatic rings. The first kappa shape index (κ1) is 21.4. The van der Waals surface area contributed by atoms with Crippen molar-refractivity contribution in [3.05, 3.63) is 53.9 Å². The van der Waals surface area contributed by atoms with Gasteiger partial charge in [-0.15, -0.1) is 0 Å². The fraction of sp³-hybridized carbons (Fsp3) is 0.538. The quantitative estimate of drug-likeness (QED) is 0.697. The van der Waals surface area contributed by atoms with Gasteiger partial charge in [-0.2, -0.15) is 0 Å². The van der Waals surface area contributed by atoms with Crippen LogP contribution in [0, 0.1) is 5.92 Å². The Morgan fingerprint density at radius 2 is 1.81 bits per heavy atom. The summed E-state index contributed by atoms with van der Waals surface area (Å²) < 4.78 is 5.80. The highest BCUT2D eigenvalue weighted by atomic mass is 16.5. The van der Waals surface area contributed by atoms with Crippen molar-refractivity contribution in [3.8, 4) is 0 Å². The van der Waals surface area contributed by atoms with E-state index in [9.17, 15) is 4.79 Å². The van der Waals surface area contributed by atoms with Crippen LogP contribution in [0.15, 0.2) is 42.6 Å². The van der Waals surface area contributed by atoms with E-state index in [1.165, 1.54) is 17.7 Å². The standard InChI is InChI=1S/C26H34N4O2/c1-28-15-17-29(18-16-28)24-5-3-13-27-23(24)19-20-10-14-30(25(20)31)22-8-6-21(7-9-22)26(32-2)11-4-12-26/h3,5-9,13,20H,4,10-12,14-19H2,1-2H3/t20-/m1/s1. The first-order valence-corrected chi connectivity index (χ1v) is 11.9. The summed E-state index contributed by atoms with van der Waals surface area (Å²) in [5.41, 5.74) is 4.35. The molecule has 1 aromatic heterocycles. The zero-order valence-corrected chi connectivity index (χ0v) is 19.3. The molecule has 2 aliphatic heterocycles. The molecule has 1 aliphatic carbocycles. The van der Waals surface area contributed by atoms with Gasteiger partial charge >= 0.3 is 0 Å². The Morgan fingerprint density at radius 3 is 2.47 bits per heavy atom. The van der Waals surface area contributed by atoms with Crippen molar-refractivity contribution in [2.24, 2.45) is 5.92 Å². The molecule has 0 bridgehead atoms. The minimum Gasteiger partial charge on any atom is -0.374 e. The molecule has 0 N–H and O–H groups in total. The molecule has 3 fully saturated rings. The maximum absolute atomic E-state index is 13.3. The van der Waals surface area contributed by atoms with Crippen LogP contribution in [0.3, 0.4) is 0 Å². The molecule has 170 valence electrons. The maximum Gasteiger partial charge on any atom is 0.230 e. The second kappa shape index (κ2) is 8.83. The van der Waals surface area contributed by atoms with E-state index in [2.05, 4.69) is 47.2 Å². The van der Waals surface area contributed by atoms with Crippen LogP contribution in [0.1, 0.15) is 36.9 Å². The number of amides is 1. The van der Waals surface area contributed by atoms with Gasteiger partial charge in [-0.25, -0.2) is 0 Å². The predicted octanol–water partition coefficient (Wildman–Crippen LogP) is 3.45. The molecule has 2 aromatic rings. The van der Waals surface area contributed by atoms with Gasteiger partial charge in [0.25, 0.3) is 0 Å². The van der Waals surface area contributed by atoms with Crippen LogP contribution < -0.4 is 9.80 Å². The van der Waals surface area contributed by atoms with E-state index in [4.69, 9.17) is 9.72 Å². The number of anilines is 2. The number of rotatable bonds is 6. The largest absolute Gasteiger partial charge is 0.374 e. The highest BCUT2D eigenvalue weighted by molar-refractivity contribution is 5.97. The van der Waals surface area contributed by atoms with Crippen molar-refractivity contribution in [3.63, 3.8) is 0 Å². The van der Waals surface area contributed by atoms with Gasteiger partial charge in [-0.3, -0.25) is 9.78 Å². The Bertz CT molecular complexity index is 943. The third-order valence-corrected chi connectivity index (χ3v) is 7.72. The van der Waals surface area contributed by atoms with Crippen LogP contribution in [0.2, 0.25) is 0 Å². The highest BCUT2D eigenvalue weighted by Crippen LogP contribution is 2.44. The van der Waals surface area contributed by atoms with Crippen molar-refractivity contribution in [1.82, 2.24) is 9.88 Å². The first-order chi connectivity index (χ1) is 15.6. The molecule has 0 unspecified atom stereocenters. The number of aromatic nitrogens is 1. The van der Waals surface area contributed by atoms with Crippen molar-refractivity contribution >= 4 is 17.3 Å². The second-order valence-electron chi connectivity index (χ2n) is 9.54. The molecule has 1 aromatic carbocycles. The van der Waals surface area contributed by atoms with Gasteiger partial charge in [0.15, 0.2) is 0 Å². The summed E-state index contributed by atoms with van der Waals surface area (Å²) in [7, 11) is 3.97. The number of nitrogens with zero attached hydrogens (tertiary/aromatic N) is 4. The summed E-state index contributed by atoms with van der Waals surface area (Å²) in [5.74, 6) is 0.213. The molecule has 1 saturated carbocycles. The minimum atomic E-state index is -0.116. The monoisotopic (exact) mass is 434 g/mol. The topological polar surface area (TPSA) is 48.9 Å². The number of pyridine rings is 1. The number of hydrogen-bond acceptors (Lipinski definition) is 5. The van der Waals surface area contributed by atoms with Crippen molar-refractivity contribution in [1.29, 1.82) is 0 Å². The lowest BCUT2D eigenvalue weighted by Gasteiger charge is -2.41. The Hall–Kier alpha value is -2.44. The average Bonchev–Trinajstić information content (AvgIpc) is 3.15. The van der Waals surface area contributed by atoms with Gasteiger partial charge in [-0.05, 0) is 62.6 Å². The van der Waals surface area contributed by atoms with E-state index in [1.54, 1.807) is 7.11 Å². The molecule has 5 rings (SSSR count). The second-order valence-corrected chi connectivity index (χ2v) is 9.54. The molecule has 6 heteroatoms. The van der Waals surface area contributed by atoms with Crippen LogP contribution in [-0.4, -0.2) is 62.7 Å². The lowest BCUT2D eigenvalue weighted by Crippen LogP contribution is -2.45. The minimum absolute atomic E-state index is 0.00672. The Balaban J connectivity index is 1.28. The Kier molecular flexibility index (Phi) is 5.91. The molecule has 32 heavy (non-hydrogen) atoms. The zero-order chi connectivity index (χ0) is 22.1. The molecular formula is C26H34N4O2. The SMILES string of the molecule is COC1(c2ccc(N3CC[C@H](Cc4ncccc4N4CCN(C)CC4)C3=O)cc2)CCC1. The van der Waals surface area contributed by atoms with Crippen LogP contribution in [0.4, 0.5) is 11.4 Å². The van der Waals surface area contributed by atoms with Gasteiger partial charge in [0.2, 0.25) is 5.91 Å². The summed E-state index contributed by atoms with van der Waals surface area (Å²) in [4.78, 5) is 24.7.